The first-order valence-electron chi connectivity index (χ1n) is 9.65. The average molecular weight is 452 g/mol. The van der Waals surface area contributed by atoms with Crippen molar-refractivity contribution < 1.29 is 18.3 Å². The Balaban J connectivity index is 1.85. The molecule has 158 valence electrons. The van der Waals surface area contributed by atoms with Crippen molar-refractivity contribution >= 4 is 27.5 Å². The van der Waals surface area contributed by atoms with Gasteiger partial charge in [0.15, 0.2) is 5.76 Å². The highest BCUT2D eigenvalue weighted by Crippen LogP contribution is 2.43. The van der Waals surface area contributed by atoms with Crippen molar-refractivity contribution in [2.45, 2.75) is 22.4 Å². The van der Waals surface area contributed by atoms with Crippen molar-refractivity contribution in [3.63, 3.8) is 0 Å². The van der Waals surface area contributed by atoms with E-state index in [1.54, 1.807) is 42.1 Å². The molecule has 0 aliphatic carbocycles. The molecular weight excluding hydrogens is 430 g/mol. The van der Waals surface area contributed by atoms with Gasteiger partial charge in [-0.05, 0) is 41.6 Å². The molecule has 0 spiro atoms. The van der Waals surface area contributed by atoms with Gasteiger partial charge >= 0.3 is 0 Å². The summed E-state index contributed by atoms with van der Waals surface area (Å²) in [6, 6.07) is 23.6. The molecule has 0 aromatic heterocycles. The summed E-state index contributed by atoms with van der Waals surface area (Å²) in [6.07, 6.45) is 1.95. The average Bonchev–Trinajstić information content (AvgIpc) is 3.06. The van der Waals surface area contributed by atoms with Crippen LogP contribution in [0.3, 0.4) is 0 Å². The lowest BCUT2D eigenvalue weighted by Crippen LogP contribution is -2.30. The maximum atomic E-state index is 13.5. The maximum absolute atomic E-state index is 13.5. The molecule has 0 fully saturated rings. The molecule has 3 aromatic rings. The van der Waals surface area contributed by atoms with E-state index in [1.165, 1.54) is 17.0 Å². The standard InChI is InChI=1S/C24H21NO4S2/c1-30-19-14-12-18(13-15-19)21-23(31(28,29)20-10-6-3-7-11-20)22(26)24(27)25(21)16-17-8-4-2-5-9-17/h2-15,21,26H,16H2,1H3/t21-/m1/s1. The number of hydrogen-bond acceptors (Lipinski definition) is 5. The van der Waals surface area contributed by atoms with Gasteiger partial charge < -0.3 is 10.0 Å². The highest BCUT2D eigenvalue weighted by atomic mass is 32.2. The monoisotopic (exact) mass is 451 g/mol. The number of thioether (sulfide) groups is 1. The van der Waals surface area contributed by atoms with Gasteiger partial charge in [0.25, 0.3) is 5.91 Å². The minimum atomic E-state index is -4.10. The van der Waals surface area contributed by atoms with Crippen LogP contribution in [0.4, 0.5) is 0 Å². The second kappa shape index (κ2) is 8.61. The maximum Gasteiger partial charge on any atom is 0.290 e. The summed E-state index contributed by atoms with van der Waals surface area (Å²) in [6.45, 7) is 0.173. The number of carbonyl (C=O) groups excluding carboxylic acids is 1. The molecule has 3 aromatic carbocycles. The summed E-state index contributed by atoms with van der Waals surface area (Å²) >= 11 is 1.57. The predicted molar refractivity (Wildman–Crippen MR) is 121 cm³/mol. The molecule has 1 atom stereocenters. The molecule has 1 heterocycles. The van der Waals surface area contributed by atoms with Crippen molar-refractivity contribution in [1.29, 1.82) is 0 Å². The van der Waals surface area contributed by atoms with Crippen LogP contribution in [-0.4, -0.2) is 30.6 Å². The van der Waals surface area contributed by atoms with Crippen LogP contribution in [0.1, 0.15) is 17.2 Å². The summed E-state index contributed by atoms with van der Waals surface area (Å²) in [5, 5.41) is 10.7. The van der Waals surface area contributed by atoms with E-state index in [-0.39, 0.29) is 16.3 Å². The minimum Gasteiger partial charge on any atom is -0.502 e. The van der Waals surface area contributed by atoms with E-state index in [9.17, 15) is 18.3 Å². The Bertz CT molecular complexity index is 1220. The van der Waals surface area contributed by atoms with Crippen LogP contribution in [0.5, 0.6) is 0 Å². The quantitative estimate of drug-likeness (QED) is 0.548. The van der Waals surface area contributed by atoms with Crippen molar-refractivity contribution in [1.82, 2.24) is 4.90 Å². The lowest BCUT2D eigenvalue weighted by molar-refractivity contribution is -0.130. The van der Waals surface area contributed by atoms with E-state index >= 15 is 0 Å². The molecule has 0 unspecified atom stereocenters. The van der Waals surface area contributed by atoms with E-state index < -0.39 is 27.5 Å². The Labute approximate surface area is 186 Å². The fraction of sp³-hybridized carbons (Fsp3) is 0.125. The van der Waals surface area contributed by atoms with Crippen LogP contribution in [0.25, 0.3) is 0 Å². The smallest absolute Gasteiger partial charge is 0.290 e. The fourth-order valence-corrected chi connectivity index (χ4v) is 5.77. The Morgan fingerprint density at radius 1 is 0.903 bits per heavy atom. The molecule has 1 amide bonds. The summed E-state index contributed by atoms with van der Waals surface area (Å²) in [7, 11) is -4.10. The van der Waals surface area contributed by atoms with Crippen molar-refractivity contribution in [3.05, 3.63) is 107 Å². The normalized spacial score (nSPS) is 16.7. The summed E-state index contributed by atoms with van der Waals surface area (Å²) < 4.78 is 27.0. The topological polar surface area (TPSA) is 74.7 Å². The van der Waals surface area contributed by atoms with Crippen LogP contribution in [0, 0.1) is 0 Å². The lowest BCUT2D eigenvalue weighted by atomic mass is 10.1. The van der Waals surface area contributed by atoms with Crippen molar-refractivity contribution in [3.8, 4) is 0 Å². The summed E-state index contributed by atoms with van der Waals surface area (Å²) in [5.41, 5.74) is 1.47. The second-order valence-corrected chi connectivity index (χ2v) is 9.92. The Hall–Kier alpha value is -3.03. The fourth-order valence-electron chi connectivity index (χ4n) is 3.69. The highest BCUT2D eigenvalue weighted by molar-refractivity contribution is 7.98. The molecule has 31 heavy (non-hydrogen) atoms. The van der Waals surface area contributed by atoms with Crippen molar-refractivity contribution in [2.24, 2.45) is 0 Å². The van der Waals surface area contributed by atoms with Crippen molar-refractivity contribution in [2.75, 3.05) is 6.26 Å². The first kappa shape index (κ1) is 21.2. The Morgan fingerprint density at radius 2 is 1.48 bits per heavy atom. The van der Waals surface area contributed by atoms with E-state index in [4.69, 9.17) is 0 Å². The van der Waals surface area contributed by atoms with Gasteiger partial charge in [0, 0.05) is 11.4 Å². The minimum absolute atomic E-state index is 0.0386. The second-order valence-electron chi connectivity index (χ2n) is 7.12. The number of amides is 1. The third-order valence-corrected chi connectivity index (χ3v) is 7.86. The molecule has 4 rings (SSSR count). The molecule has 7 heteroatoms. The first-order chi connectivity index (χ1) is 14.9. The molecule has 0 bridgehead atoms. The van der Waals surface area contributed by atoms with Gasteiger partial charge in [-0.3, -0.25) is 4.79 Å². The zero-order valence-electron chi connectivity index (χ0n) is 16.8. The molecule has 1 aliphatic heterocycles. The zero-order valence-corrected chi connectivity index (χ0v) is 18.4. The molecule has 0 radical (unpaired) electrons. The largest absolute Gasteiger partial charge is 0.502 e. The molecular formula is C24H21NO4S2. The van der Waals surface area contributed by atoms with E-state index in [2.05, 4.69) is 0 Å². The number of aliphatic hydroxyl groups excluding tert-OH is 1. The zero-order chi connectivity index (χ0) is 22.0. The third-order valence-electron chi connectivity index (χ3n) is 5.23. The third kappa shape index (κ3) is 3.98. The van der Waals surface area contributed by atoms with E-state index in [1.807, 2.05) is 48.7 Å². The number of rotatable bonds is 6. The van der Waals surface area contributed by atoms with Crippen LogP contribution >= 0.6 is 11.8 Å². The first-order valence-corrected chi connectivity index (χ1v) is 12.4. The van der Waals surface area contributed by atoms with Crippen LogP contribution < -0.4 is 0 Å². The summed E-state index contributed by atoms with van der Waals surface area (Å²) in [4.78, 5) is 15.2. The van der Waals surface area contributed by atoms with Gasteiger partial charge in [-0.1, -0.05) is 60.7 Å². The predicted octanol–water partition coefficient (Wildman–Crippen LogP) is 4.74. The molecule has 1 N–H and O–H groups in total. The number of hydrogen-bond donors (Lipinski definition) is 1. The van der Waals surface area contributed by atoms with Crippen LogP contribution in [0.2, 0.25) is 0 Å². The van der Waals surface area contributed by atoms with Gasteiger partial charge in [-0.25, -0.2) is 8.42 Å². The SMILES string of the molecule is CSc1ccc([C@@H]2C(S(=O)(=O)c3ccccc3)=C(O)C(=O)N2Cc2ccccc2)cc1. The number of carbonyl (C=O) groups is 1. The number of aliphatic hydroxyl groups is 1. The van der Waals surface area contributed by atoms with E-state index in [0.717, 1.165) is 10.5 Å². The molecule has 0 saturated heterocycles. The van der Waals surface area contributed by atoms with Gasteiger partial charge in [-0.2, -0.15) is 0 Å². The Morgan fingerprint density at radius 3 is 2.06 bits per heavy atom. The lowest BCUT2D eigenvalue weighted by Gasteiger charge is -2.27. The molecule has 5 nitrogen and oxygen atoms in total. The number of benzene rings is 3. The Kier molecular flexibility index (Phi) is 5.89. The highest BCUT2D eigenvalue weighted by Gasteiger charge is 2.46. The van der Waals surface area contributed by atoms with Crippen LogP contribution in [0.15, 0.2) is 105 Å². The van der Waals surface area contributed by atoms with Crippen LogP contribution in [-0.2, 0) is 21.2 Å². The number of sulfone groups is 1. The summed E-state index contributed by atoms with van der Waals surface area (Å²) in [5.74, 6) is -1.42. The molecule has 0 saturated carbocycles. The van der Waals surface area contributed by atoms with Gasteiger partial charge in [0.05, 0.1) is 10.9 Å². The van der Waals surface area contributed by atoms with Gasteiger partial charge in [-0.15, -0.1) is 11.8 Å². The number of nitrogens with zero attached hydrogens (tertiary/aromatic N) is 1. The van der Waals surface area contributed by atoms with Gasteiger partial charge in [0.2, 0.25) is 9.84 Å². The molecule has 1 aliphatic rings. The van der Waals surface area contributed by atoms with E-state index in [0.29, 0.717) is 5.56 Å². The van der Waals surface area contributed by atoms with Gasteiger partial charge in [0.1, 0.15) is 4.91 Å².